The third kappa shape index (κ3) is 2.26. The van der Waals surface area contributed by atoms with E-state index >= 15 is 0 Å². The molecule has 1 aliphatic carbocycles. The Hall–Kier alpha value is -2.37. The van der Waals surface area contributed by atoms with Crippen molar-refractivity contribution in [2.45, 2.75) is 32.2 Å². The van der Waals surface area contributed by atoms with Crippen LogP contribution in [0, 0.1) is 10.1 Å². The van der Waals surface area contributed by atoms with Gasteiger partial charge in [-0.3, -0.25) is 14.9 Å². The lowest BCUT2D eigenvalue weighted by atomic mass is 9.95. The summed E-state index contributed by atoms with van der Waals surface area (Å²) in [5.41, 5.74) is 3.22. The molecule has 0 aliphatic heterocycles. The Morgan fingerprint density at radius 3 is 2.86 bits per heavy atom. The largest absolute Gasteiger partial charge is 0.468 e. The van der Waals surface area contributed by atoms with Crippen LogP contribution in [0.5, 0.6) is 0 Å². The number of nitro benzene ring substituents is 1. The number of benzene rings is 1. The second kappa shape index (κ2) is 5.20. The molecule has 2 aromatic rings. The van der Waals surface area contributed by atoms with E-state index in [1.165, 1.54) is 13.2 Å². The number of non-ortho nitro benzene ring substituents is 1. The molecule has 3 rings (SSSR count). The predicted molar refractivity (Wildman–Crippen MR) is 77.3 cm³/mol. The second-order valence-electron chi connectivity index (χ2n) is 5.25. The van der Waals surface area contributed by atoms with Crippen molar-refractivity contribution < 1.29 is 14.5 Å². The van der Waals surface area contributed by atoms with Crippen molar-refractivity contribution in [3.8, 4) is 0 Å². The molecule has 0 bridgehead atoms. The number of methoxy groups -OCH3 is 1. The van der Waals surface area contributed by atoms with Gasteiger partial charge < -0.3 is 9.30 Å². The fraction of sp³-hybridized carbons (Fsp3) is 0.400. The minimum Gasteiger partial charge on any atom is -0.468 e. The van der Waals surface area contributed by atoms with Gasteiger partial charge in [-0.05, 0) is 37.3 Å². The van der Waals surface area contributed by atoms with Crippen LogP contribution in [0.2, 0.25) is 0 Å². The molecule has 0 N–H and O–H groups in total. The number of rotatable bonds is 3. The van der Waals surface area contributed by atoms with Crippen molar-refractivity contribution in [3.63, 3.8) is 0 Å². The molecule has 0 unspecified atom stereocenters. The van der Waals surface area contributed by atoms with Crippen LogP contribution in [0.4, 0.5) is 5.69 Å². The van der Waals surface area contributed by atoms with Gasteiger partial charge in [0, 0.05) is 28.7 Å². The summed E-state index contributed by atoms with van der Waals surface area (Å²) in [6.07, 6.45) is 3.95. The monoisotopic (exact) mass is 288 g/mol. The van der Waals surface area contributed by atoms with E-state index in [2.05, 4.69) is 0 Å². The maximum absolute atomic E-state index is 11.6. The van der Waals surface area contributed by atoms with E-state index in [4.69, 9.17) is 4.74 Å². The van der Waals surface area contributed by atoms with Crippen LogP contribution in [0.25, 0.3) is 10.9 Å². The van der Waals surface area contributed by atoms with Crippen molar-refractivity contribution >= 4 is 22.6 Å². The minimum absolute atomic E-state index is 0.0890. The van der Waals surface area contributed by atoms with Crippen molar-refractivity contribution in [1.29, 1.82) is 0 Å². The molecule has 110 valence electrons. The Labute approximate surface area is 121 Å². The first kappa shape index (κ1) is 13.6. The van der Waals surface area contributed by atoms with Gasteiger partial charge in [-0.1, -0.05) is 0 Å². The molecule has 0 fully saturated rings. The van der Waals surface area contributed by atoms with Gasteiger partial charge in [0.2, 0.25) is 0 Å². The summed E-state index contributed by atoms with van der Waals surface area (Å²) in [5.74, 6) is -0.307. The first-order chi connectivity index (χ1) is 10.1. The normalized spacial score (nSPS) is 14.0. The van der Waals surface area contributed by atoms with Crippen LogP contribution < -0.4 is 0 Å². The topological polar surface area (TPSA) is 74.4 Å². The van der Waals surface area contributed by atoms with Gasteiger partial charge in [0.05, 0.1) is 12.0 Å². The second-order valence-corrected chi connectivity index (χ2v) is 5.25. The zero-order valence-corrected chi connectivity index (χ0v) is 11.8. The molecule has 0 atom stereocenters. The average Bonchev–Trinajstić information content (AvgIpc) is 2.81. The molecule has 0 saturated heterocycles. The van der Waals surface area contributed by atoms with E-state index in [0.717, 1.165) is 47.8 Å². The van der Waals surface area contributed by atoms with Crippen LogP contribution in [0.1, 0.15) is 24.1 Å². The molecule has 0 spiro atoms. The van der Waals surface area contributed by atoms with Gasteiger partial charge in [-0.25, -0.2) is 0 Å². The highest BCUT2D eigenvalue weighted by atomic mass is 16.6. The highest BCUT2D eigenvalue weighted by Gasteiger charge is 2.23. The van der Waals surface area contributed by atoms with Crippen LogP contribution >= 0.6 is 0 Å². The lowest BCUT2D eigenvalue weighted by Crippen LogP contribution is -2.15. The first-order valence-electron chi connectivity index (χ1n) is 6.97. The Balaban J connectivity index is 2.21. The molecule has 1 aliphatic rings. The molecule has 0 saturated carbocycles. The van der Waals surface area contributed by atoms with Crippen LogP contribution in [0.15, 0.2) is 18.2 Å². The van der Waals surface area contributed by atoms with Crippen molar-refractivity contribution in [2.75, 3.05) is 7.11 Å². The quantitative estimate of drug-likeness (QED) is 0.494. The molecule has 6 heteroatoms. The fourth-order valence-corrected chi connectivity index (χ4v) is 3.11. The molecule has 1 aromatic heterocycles. The zero-order valence-electron chi connectivity index (χ0n) is 11.8. The summed E-state index contributed by atoms with van der Waals surface area (Å²) in [7, 11) is 1.37. The number of aromatic nitrogens is 1. The Morgan fingerprint density at radius 2 is 2.14 bits per heavy atom. The van der Waals surface area contributed by atoms with Crippen molar-refractivity contribution in [1.82, 2.24) is 4.57 Å². The third-order valence-corrected chi connectivity index (χ3v) is 4.09. The van der Waals surface area contributed by atoms with Gasteiger partial charge in [-0.2, -0.15) is 0 Å². The molecule has 6 nitrogen and oxygen atoms in total. The number of carbonyl (C=O) groups is 1. The maximum atomic E-state index is 11.6. The maximum Gasteiger partial charge on any atom is 0.325 e. The summed E-state index contributed by atoms with van der Waals surface area (Å²) in [6, 6.07) is 4.84. The summed E-state index contributed by atoms with van der Waals surface area (Å²) < 4.78 is 6.70. The molecular formula is C15H16N2O4. The Bertz CT molecular complexity index is 733. The Kier molecular flexibility index (Phi) is 3.37. The van der Waals surface area contributed by atoms with Crippen LogP contribution in [-0.4, -0.2) is 22.6 Å². The average molecular weight is 288 g/mol. The van der Waals surface area contributed by atoms with Gasteiger partial charge in [0.25, 0.3) is 5.69 Å². The van der Waals surface area contributed by atoms with Gasteiger partial charge >= 0.3 is 5.97 Å². The number of fused-ring (bicyclic) bond motifs is 3. The Morgan fingerprint density at radius 1 is 1.38 bits per heavy atom. The van der Waals surface area contributed by atoms with Gasteiger partial charge in [-0.15, -0.1) is 0 Å². The van der Waals surface area contributed by atoms with Gasteiger partial charge in [0.15, 0.2) is 0 Å². The smallest absolute Gasteiger partial charge is 0.325 e. The summed E-state index contributed by atoms with van der Waals surface area (Å²) in [6.45, 7) is 0.153. The zero-order chi connectivity index (χ0) is 15.0. The fourth-order valence-electron chi connectivity index (χ4n) is 3.11. The number of hydrogen-bond acceptors (Lipinski definition) is 4. The molecule has 1 heterocycles. The molecular weight excluding hydrogens is 272 g/mol. The molecule has 0 amide bonds. The lowest BCUT2D eigenvalue weighted by molar-refractivity contribution is -0.384. The van der Waals surface area contributed by atoms with Crippen molar-refractivity contribution in [3.05, 3.63) is 39.6 Å². The number of nitro groups is 1. The predicted octanol–water partition coefficient (Wildman–Crippen LogP) is 2.60. The van der Waals surface area contributed by atoms with E-state index in [-0.39, 0.29) is 23.1 Å². The van der Waals surface area contributed by atoms with E-state index in [1.807, 2.05) is 4.57 Å². The van der Waals surface area contributed by atoms with E-state index in [0.29, 0.717) is 0 Å². The number of ether oxygens (including phenoxy) is 1. The molecule has 1 aromatic carbocycles. The first-order valence-corrected chi connectivity index (χ1v) is 6.97. The number of nitrogens with zero attached hydrogens (tertiary/aromatic N) is 2. The number of esters is 1. The van der Waals surface area contributed by atoms with Crippen LogP contribution in [0.3, 0.4) is 0 Å². The summed E-state index contributed by atoms with van der Waals surface area (Å²) >= 11 is 0. The van der Waals surface area contributed by atoms with E-state index < -0.39 is 0 Å². The number of aryl methyl sites for hydroxylation is 1. The lowest BCUT2D eigenvalue weighted by Gasteiger charge is -2.15. The van der Waals surface area contributed by atoms with Crippen LogP contribution in [-0.2, 0) is 28.9 Å². The number of carbonyl (C=O) groups excluding carboxylic acids is 1. The van der Waals surface area contributed by atoms with E-state index in [1.54, 1.807) is 12.1 Å². The highest BCUT2D eigenvalue weighted by Crippen LogP contribution is 2.34. The van der Waals surface area contributed by atoms with Gasteiger partial charge in [0.1, 0.15) is 6.54 Å². The minimum atomic E-state index is -0.383. The SMILES string of the molecule is COC(=O)Cn1c2c(c3cc([N+](=O)[O-])ccc31)CCCC2. The summed E-state index contributed by atoms with van der Waals surface area (Å²) in [5, 5.41) is 11.9. The van der Waals surface area contributed by atoms with E-state index in [9.17, 15) is 14.9 Å². The number of hydrogen-bond donors (Lipinski definition) is 0. The summed E-state index contributed by atoms with van der Waals surface area (Å²) in [4.78, 5) is 22.2. The molecule has 0 radical (unpaired) electrons. The third-order valence-electron chi connectivity index (χ3n) is 4.09. The standard InChI is InChI=1S/C15H16N2O4/c1-21-15(18)9-16-13-5-3-2-4-11(13)12-8-10(17(19)20)6-7-14(12)16/h6-8H,2-5,9H2,1H3. The molecule has 21 heavy (non-hydrogen) atoms. The van der Waals surface area contributed by atoms with Crippen molar-refractivity contribution in [2.24, 2.45) is 0 Å². The highest BCUT2D eigenvalue weighted by molar-refractivity contribution is 5.89.